The summed E-state index contributed by atoms with van der Waals surface area (Å²) in [5.41, 5.74) is 2.69. The van der Waals surface area contributed by atoms with E-state index >= 15 is 0 Å². The average Bonchev–Trinajstić information content (AvgIpc) is 3.27. The number of nitrogens with zero attached hydrogens (tertiary/aromatic N) is 2. The minimum Gasteiger partial charge on any atom is -0.351 e. The first kappa shape index (κ1) is 20.1. The molecular formula is C24H27N3O3. The van der Waals surface area contributed by atoms with E-state index < -0.39 is 0 Å². The highest BCUT2D eigenvalue weighted by Gasteiger charge is 2.41. The van der Waals surface area contributed by atoms with E-state index in [-0.39, 0.29) is 36.2 Å². The first-order valence-electron chi connectivity index (χ1n) is 10.5. The van der Waals surface area contributed by atoms with Crippen molar-refractivity contribution in [2.75, 3.05) is 19.6 Å². The topological polar surface area (TPSA) is 69.7 Å². The van der Waals surface area contributed by atoms with Crippen LogP contribution in [-0.2, 0) is 16.1 Å². The molecule has 2 aliphatic rings. The fourth-order valence-electron chi connectivity index (χ4n) is 4.23. The molecule has 2 saturated heterocycles. The Morgan fingerprint density at radius 1 is 1.10 bits per heavy atom. The maximum atomic E-state index is 12.7. The van der Waals surface area contributed by atoms with Gasteiger partial charge in [-0.15, -0.1) is 0 Å². The van der Waals surface area contributed by atoms with Crippen molar-refractivity contribution >= 4 is 17.7 Å². The molecule has 0 saturated carbocycles. The summed E-state index contributed by atoms with van der Waals surface area (Å²) in [4.78, 5) is 40.8. The van der Waals surface area contributed by atoms with Crippen molar-refractivity contribution < 1.29 is 14.4 Å². The molecule has 4 rings (SSSR count). The third kappa shape index (κ3) is 4.22. The summed E-state index contributed by atoms with van der Waals surface area (Å²) >= 11 is 0. The number of carbonyl (C=O) groups excluding carboxylic acids is 3. The Labute approximate surface area is 176 Å². The molecule has 2 aromatic carbocycles. The van der Waals surface area contributed by atoms with Crippen LogP contribution in [0.4, 0.5) is 0 Å². The van der Waals surface area contributed by atoms with Gasteiger partial charge in [0.15, 0.2) is 0 Å². The molecule has 2 atom stereocenters. The van der Waals surface area contributed by atoms with Crippen LogP contribution in [0.5, 0.6) is 0 Å². The quantitative estimate of drug-likeness (QED) is 0.803. The van der Waals surface area contributed by atoms with Crippen LogP contribution in [0.25, 0.3) is 0 Å². The molecule has 156 valence electrons. The molecule has 0 unspecified atom stereocenters. The summed E-state index contributed by atoms with van der Waals surface area (Å²) in [6.07, 6.45) is 1.64. The zero-order valence-electron chi connectivity index (χ0n) is 17.2. The summed E-state index contributed by atoms with van der Waals surface area (Å²) in [5.74, 6) is 0.173. The summed E-state index contributed by atoms with van der Waals surface area (Å²) in [6, 6.07) is 17.1. The lowest BCUT2D eigenvalue weighted by molar-refractivity contribution is -0.154. The molecule has 2 aliphatic heterocycles. The second-order valence-corrected chi connectivity index (χ2v) is 8.16. The van der Waals surface area contributed by atoms with E-state index in [2.05, 4.69) is 24.4 Å². The number of carbonyl (C=O) groups is 3. The van der Waals surface area contributed by atoms with Crippen molar-refractivity contribution in [3.05, 3.63) is 71.3 Å². The molecule has 0 bridgehead atoms. The van der Waals surface area contributed by atoms with Crippen molar-refractivity contribution in [1.29, 1.82) is 0 Å². The van der Waals surface area contributed by atoms with Gasteiger partial charge in [-0.25, -0.2) is 0 Å². The number of fused-ring (bicyclic) bond motifs is 1. The average molecular weight is 405 g/mol. The predicted octanol–water partition coefficient (Wildman–Crippen LogP) is 2.55. The van der Waals surface area contributed by atoms with E-state index in [0.717, 1.165) is 18.4 Å². The van der Waals surface area contributed by atoms with Gasteiger partial charge in [0.05, 0.1) is 0 Å². The van der Waals surface area contributed by atoms with Crippen LogP contribution in [0.3, 0.4) is 0 Å². The van der Waals surface area contributed by atoms with E-state index in [0.29, 0.717) is 25.2 Å². The van der Waals surface area contributed by atoms with Gasteiger partial charge in [0, 0.05) is 25.2 Å². The smallest absolute Gasteiger partial charge is 0.251 e. The minimum atomic E-state index is -0.289. The maximum absolute atomic E-state index is 12.7. The van der Waals surface area contributed by atoms with Gasteiger partial charge in [0.25, 0.3) is 5.91 Å². The van der Waals surface area contributed by atoms with Crippen LogP contribution < -0.4 is 5.32 Å². The molecule has 0 aliphatic carbocycles. The Morgan fingerprint density at radius 3 is 2.57 bits per heavy atom. The molecule has 3 amide bonds. The predicted molar refractivity (Wildman–Crippen MR) is 114 cm³/mol. The molecule has 1 N–H and O–H groups in total. The minimum absolute atomic E-state index is 0.0284. The fourth-order valence-corrected chi connectivity index (χ4v) is 4.23. The van der Waals surface area contributed by atoms with E-state index in [1.165, 1.54) is 5.56 Å². The molecule has 2 aromatic rings. The molecule has 2 fully saturated rings. The molecule has 0 radical (unpaired) electrons. The van der Waals surface area contributed by atoms with Crippen LogP contribution >= 0.6 is 0 Å². The summed E-state index contributed by atoms with van der Waals surface area (Å²) in [5, 5.41) is 2.98. The highest BCUT2D eigenvalue weighted by Crippen LogP contribution is 2.24. The number of amides is 3. The third-order valence-electron chi connectivity index (χ3n) is 6.02. The second kappa shape index (κ2) is 8.69. The van der Waals surface area contributed by atoms with E-state index in [1.54, 1.807) is 21.9 Å². The molecular weight excluding hydrogens is 378 g/mol. The first-order valence-corrected chi connectivity index (χ1v) is 10.5. The molecule has 30 heavy (non-hydrogen) atoms. The number of benzene rings is 2. The van der Waals surface area contributed by atoms with Crippen LogP contribution in [0.1, 0.15) is 47.2 Å². The largest absolute Gasteiger partial charge is 0.351 e. The van der Waals surface area contributed by atoms with Crippen LogP contribution in [0, 0.1) is 0 Å². The summed E-state index contributed by atoms with van der Waals surface area (Å²) < 4.78 is 0. The Bertz CT molecular complexity index is 926. The standard InChI is InChI=1S/C24H27N3O3/c1-17(19-6-3-2-4-7-19)14-25-23(29)20-11-9-18(10-12-20)15-26-16-22(28)27-13-5-8-21(27)24(26)30/h2-4,6-7,9-12,17,21H,5,8,13-16H2,1H3,(H,25,29)/t17-,21+/m0/s1. The number of hydrogen-bond acceptors (Lipinski definition) is 3. The van der Waals surface area contributed by atoms with Gasteiger partial charge < -0.3 is 15.1 Å². The van der Waals surface area contributed by atoms with Gasteiger partial charge in [-0.05, 0) is 42.0 Å². The van der Waals surface area contributed by atoms with Gasteiger partial charge in [0.2, 0.25) is 11.8 Å². The van der Waals surface area contributed by atoms with Crippen LogP contribution in [0.2, 0.25) is 0 Å². The van der Waals surface area contributed by atoms with Crippen LogP contribution in [-0.4, -0.2) is 53.2 Å². The highest BCUT2D eigenvalue weighted by atomic mass is 16.2. The fraction of sp³-hybridized carbons (Fsp3) is 0.375. The van der Waals surface area contributed by atoms with Crippen molar-refractivity contribution in [3.63, 3.8) is 0 Å². The van der Waals surface area contributed by atoms with Crippen LogP contribution in [0.15, 0.2) is 54.6 Å². The summed E-state index contributed by atoms with van der Waals surface area (Å²) in [7, 11) is 0. The Balaban J connectivity index is 1.33. The molecule has 2 heterocycles. The lowest BCUT2D eigenvalue weighted by Gasteiger charge is -2.36. The maximum Gasteiger partial charge on any atom is 0.251 e. The number of hydrogen-bond donors (Lipinski definition) is 1. The van der Waals surface area contributed by atoms with Crippen molar-refractivity contribution in [3.8, 4) is 0 Å². The lowest BCUT2D eigenvalue weighted by atomic mass is 10.0. The molecule has 0 spiro atoms. The van der Waals surface area contributed by atoms with E-state index in [1.807, 2.05) is 30.3 Å². The van der Waals surface area contributed by atoms with Crippen molar-refractivity contribution in [1.82, 2.24) is 15.1 Å². The Kier molecular flexibility index (Phi) is 5.84. The summed E-state index contributed by atoms with van der Waals surface area (Å²) in [6.45, 7) is 3.86. The molecule has 0 aromatic heterocycles. The van der Waals surface area contributed by atoms with Gasteiger partial charge >= 0.3 is 0 Å². The second-order valence-electron chi connectivity index (χ2n) is 8.16. The third-order valence-corrected chi connectivity index (χ3v) is 6.02. The normalized spacial score (nSPS) is 19.6. The van der Waals surface area contributed by atoms with Gasteiger partial charge in [-0.2, -0.15) is 0 Å². The zero-order valence-corrected chi connectivity index (χ0v) is 17.2. The Hall–Kier alpha value is -3.15. The lowest BCUT2D eigenvalue weighted by Crippen LogP contribution is -2.56. The SMILES string of the molecule is C[C@@H](CNC(=O)c1ccc(CN2CC(=O)N3CCC[C@@H]3C2=O)cc1)c1ccccc1. The number of rotatable bonds is 6. The van der Waals surface area contributed by atoms with Gasteiger partial charge in [-0.1, -0.05) is 49.4 Å². The highest BCUT2D eigenvalue weighted by molar-refractivity contribution is 5.95. The number of piperazine rings is 1. The Morgan fingerprint density at radius 2 is 1.83 bits per heavy atom. The molecule has 6 heteroatoms. The van der Waals surface area contributed by atoms with E-state index in [9.17, 15) is 14.4 Å². The van der Waals surface area contributed by atoms with Crippen molar-refractivity contribution in [2.45, 2.75) is 38.3 Å². The number of nitrogens with one attached hydrogen (secondary N) is 1. The monoisotopic (exact) mass is 405 g/mol. The van der Waals surface area contributed by atoms with Gasteiger partial charge in [0.1, 0.15) is 12.6 Å². The van der Waals surface area contributed by atoms with E-state index in [4.69, 9.17) is 0 Å². The molecule has 6 nitrogen and oxygen atoms in total. The van der Waals surface area contributed by atoms with Gasteiger partial charge in [-0.3, -0.25) is 14.4 Å². The van der Waals surface area contributed by atoms with Crippen molar-refractivity contribution in [2.24, 2.45) is 0 Å². The first-order chi connectivity index (χ1) is 14.5. The zero-order chi connectivity index (χ0) is 21.1.